The lowest BCUT2D eigenvalue weighted by molar-refractivity contribution is 0.480. The van der Waals surface area contributed by atoms with Gasteiger partial charge in [0.1, 0.15) is 16.8 Å². The zero-order valence-corrected chi connectivity index (χ0v) is 10.8. The van der Waals surface area contributed by atoms with E-state index < -0.39 is 27.2 Å². The first-order valence-corrected chi connectivity index (χ1v) is 7.23. The smallest absolute Gasteiger partial charge is 0.272 e. The van der Waals surface area contributed by atoms with Crippen molar-refractivity contribution < 1.29 is 17.4 Å². The first-order valence-electron chi connectivity index (χ1n) is 5.62. The fourth-order valence-corrected chi connectivity index (χ4v) is 2.81. The highest BCUT2D eigenvalue weighted by atomic mass is 32.2. The van der Waals surface area contributed by atoms with Gasteiger partial charge in [0.05, 0.1) is 5.52 Å². The molecule has 0 unspecified atom stereocenters. The lowest BCUT2D eigenvalue weighted by Gasteiger charge is -2.07. The Bertz CT molecular complexity index is 988. The summed E-state index contributed by atoms with van der Waals surface area (Å²) in [6.07, 6.45) is 1.61. The average Bonchev–Trinajstić information content (AvgIpc) is 2.82. The van der Waals surface area contributed by atoms with Crippen molar-refractivity contribution in [2.45, 2.75) is 5.75 Å². The van der Waals surface area contributed by atoms with Crippen LogP contribution in [0.2, 0.25) is 0 Å². The highest BCUT2D eigenvalue weighted by Crippen LogP contribution is 2.20. The lowest BCUT2D eigenvalue weighted by atomic mass is 10.2. The van der Waals surface area contributed by atoms with E-state index in [1.54, 1.807) is 18.3 Å². The summed E-state index contributed by atoms with van der Waals surface area (Å²) >= 11 is 0. The van der Waals surface area contributed by atoms with E-state index in [1.807, 2.05) is 0 Å². The molecule has 3 rings (SSSR count). The molecule has 0 amide bonds. The molecule has 6 nitrogen and oxygen atoms in total. The Hall–Kier alpha value is -2.19. The third-order valence-electron chi connectivity index (χ3n) is 3.02. The zero-order chi connectivity index (χ0) is 14.5. The molecule has 0 fully saturated rings. The molecule has 104 valence electrons. The zero-order valence-electron chi connectivity index (χ0n) is 10.00. The number of aromatic nitrogens is 2. The summed E-state index contributed by atoms with van der Waals surface area (Å²) in [5.41, 5.74) is -0.0203. The van der Waals surface area contributed by atoms with Gasteiger partial charge in [-0.3, -0.25) is 9.35 Å². The van der Waals surface area contributed by atoms with Crippen molar-refractivity contribution in [2.24, 2.45) is 0 Å². The standard InChI is InChI=1S/C12H9FN2O4S/c13-10-7(6-20(17,18)19)3-4-8-11(10)14-12(16)9-2-1-5-15(8)9/h1-5H,6H2,(H,14,16)(H,17,18,19). The van der Waals surface area contributed by atoms with Crippen molar-refractivity contribution in [2.75, 3.05) is 0 Å². The van der Waals surface area contributed by atoms with E-state index in [0.717, 1.165) is 0 Å². The molecule has 2 heterocycles. The quantitative estimate of drug-likeness (QED) is 0.697. The molecule has 2 aromatic heterocycles. The summed E-state index contributed by atoms with van der Waals surface area (Å²) in [6.45, 7) is 0. The molecule has 0 bridgehead atoms. The van der Waals surface area contributed by atoms with E-state index >= 15 is 0 Å². The molecule has 1 aromatic carbocycles. The maximum absolute atomic E-state index is 14.3. The minimum absolute atomic E-state index is 0.0974. The van der Waals surface area contributed by atoms with Gasteiger partial charge in [0.2, 0.25) is 0 Å². The topological polar surface area (TPSA) is 91.6 Å². The van der Waals surface area contributed by atoms with Gasteiger partial charge in [-0.25, -0.2) is 4.39 Å². The van der Waals surface area contributed by atoms with Gasteiger partial charge in [-0.05, 0) is 18.2 Å². The van der Waals surface area contributed by atoms with E-state index in [4.69, 9.17) is 4.55 Å². The molecular weight excluding hydrogens is 287 g/mol. The number of benzene rings is 1. The Balaban J connectivity index is 2.38. The molecule has 20 heavy (non-hydrogen) atoms. The molecule has 0 aliphatic rings. The predicted octanol–water partition coefficient (Wildman–Crippen LogP) is 1.31. The summed E-state index contributed by atoms with van der Waals surface area (Å²) in [4.78, 5) is 14.2. The SMILES string of the molecule is O=c1[nH]c2c(F)c(CS(=O)(=O)O)ccc2n2cccc12. The number of rotatable bonds is 2. The Morgan fingerprint density at radius 3 is 2.70 bits per heavy atom. The largest absolute Gasteiger partial charge is 0.316 e. The van der Waals surface area contributed by atoms with Gasteiger partial charge in [0, 0.05) is 11.8 Å². The Labute approximate surface area is 112 Å². The van der Waals surface area contributed by atoms with Crippen LogP contribution >= 0.6 is 0 Å². The molecule has 0 aliphatic heterocycles. The van der Waals surface area contributed by atoms with E-state index in [2.05, 4.69) is 4.98 Å². The van der Waals surface area contributed by atoms with Crippen LogP contribution in [0.4, 0.5) is 4.39 Å². The van der Waals surface area contributed by atoms with Crippen LogP contribution in [0.25, 0.3) is 16.6 Å². The third kappa shape index (κ3) is 1.98. The molecule has 0 radical (unpaired) electrons. The summed E-state index contributed by atoms with van der Waals surface area (Å²) in [5.74, 6) is -1.71. The van der Waals surface area contributed by atoms with Gasteiger partial charge in [-0.1, -0.05) is 6.07 Å². The Morgan fingerprint density at radius 1 is 1.25 bits per heavy atom. The van der Waals surface area contributed by atoms with E-state index in [1.165, 1.54) is 16.5 Å². The second kappa shape index (κ2) is 4.15. The second-order valence-corrected chi connectivity index (χ2v) is 5.83. The van der Waals surface area contributed by atoms with Gasteiger partial charge < -0.3 is 9.38 Å². The van der Waals surface area contributed by atoms with Gasteiger partial charge in [0.25, 0.3) is 15.7 Å². The number of H-pyrrole nitrogens is 1. The monoisotopic (exact) mass is 296 g/mol. The summed E-state index contributed by atoms with van der Waals surface area (Å²) in [7, 11) is -4.35. The van der Waals surface area contributed by atoms with Crippen molar-refractivity contribution in [3.05, 3.63) is 52.2 Å². The highest BCUT2D eigenvalue weighted by Gasteiger charge is 2.16. The molecule has 3 aromatic rings. The van der Waals surface area contributed by atoms with Crippen LogP contribution in [0, 0.1) is 5.82 Å². The van der Waals surface area contributed by atoms with E-state index in [-0.39, 0.29) is 11.1 Å². The van der Waals surface area contributed by atoms with Crippen LogP contribution in [0.5, 0.6) is 0 Å². The van der Waals surface area contributed by atoms with Gasteiger partial charge >= 0.3 is 0 Å². The van der Waals surface area contributed by atoms with Gasteiger partial charge in [-0.2, -0.15) is 8.42 Å². The number of nitrogens with zero attached hydrogens (tertiary/aromatic N) is 1. The number of halogens is 1. The molecule has 0 saturated heterocycles. The molecule has 0 spiro atoms. The Kier molecular flexibility index (Phi) is 2.66. The second-order valence-electron chi connectivity index (χ2n) is 4.38. The first kappa shape index (κ1) is 12.8. The molecule has 0 aliphatic carbocycles. The Morgan fingerprint density at radius 2 is 2.00 bits per heavy atom. The van der Waals surface area contributed by atoms with Crippen LogP contribution in [-0.4, -0.2) is 22.4 Å². The van der Waals surface area contributed by atoms with Crippen LogP contribution in [-0.2, 0) is 15.9 Å². The predicted molar refractivity (Wildman–Crippen MR) is 70.7 cm³/mol. The van der Waals surface area contributed by atoms with Gasteiger partial charge in [-0.15, -0.1) is 0 Å². The van der Waals surface area contributed by atoms with Crippen molar-refractivity contribution in [1.29, 1.82) is 0 Å². The van der Waals surface area contributed by atoms with Crippen molar-refractivity contribution >= 4 is 26.7 Å². The van der Waals surface area contributed by atoms with E-state index in [0.29, 0.717) is 11.0 Å². The number of fused-ring (bicyclic) bond motifs is 3. The van der Waals surface area contributed by atoms with Gasteiger partial charge in [0.15, 0.2) is 5.82 Å². The summed E-state index contributed by atoms with van der Waals surface area (Å²) in [6, 6.07) is 5.99. The lowest BCUT2D eigenvalue weighted by Crippen LogP contribution is -2.12. The number of hydrogen-bond donors (Lipinski definition) is 2. The average molecular weight is 296 g/mol. The van der Waals surface area contributed by atoms with Crippen LogP contribution in [0.3, 0.4) is 0 Å². The van der Waals surface area contributed by atoms with Crippen molar-refractivity contribution in [3.63, 3.8) is 0 Å². The van der Waals surface area contributed by atoms with Crippen LogP contribution < -0.4 is 5.56 Å². The maximum Gasteiger partial charge on any atom is 0.272 e. The summed E-state index contributed by atoms with van der Waals surface area (Å²) in [5, 5.41) is 0. The fourth-order valence-electron chi connectivity index (χ4n) is 2.19. The van der Waals surface area contributed by atoms with Crippen LogP contribution in [0.1, 0.15) is 5.56 Å². The summed E-state index contributed by atoms with van der Waals surface area (Å²) < 4.78 is 46.2. The van der Waals surface area contributed by atoms with Crippen molar-refractivity contribution in [3.8, 4) is 0 Å². The van der Waals surface area contributed by atoms with Crippen LogP contribution in [0.15, 0.2) is 35.3 Å². The van der Waals surface area contributed by atoms with E-state index in [9.17, 15) is 17.6 Å². The number of hydrogen-bond acceptors (Lipinski definition) is 3. The normalized spacial score (nSPS) is 12.3. The third-order valence-corrected chi connectivity index (χ3v) is 3.69. The number of aromatic amines is 1. The maximum atomic E-state index is 14.3. The van der Waals surface area contributed by atoms with Crippen molar-refractivity contribution in [1.82, 2.24) is 9.38 Å². The minimum Gasteiger partial charge on any atom is -0.316 e. The molecule has 2 N–H and O–H groups in total. The molecular formula is C12H9FN2O4S. The minimum atomic E-state index is -4.35. The number of nitrogens with one attached hydrogen (secondary N) is 1. The fraction of sp³-hybridized carbons (Fsp3) is 0.0833. The first-order chi connectivity index (χ1) is 9.37. The molecule has 8 heteroatoms. The molecule has 0 saturated carbocycles. The molecule has 0 atom stereocenters. The highest BCUT2D eigenvalue weighted by molar-refractivity contribution is 7.85.